The molecule has 0 saturated heterocycles. The van der Waals surface area contributed by atoms with Gasteiger partial charge in [-0.15, -0.1) is 11.8 Å². The molecular formula is C18H22N6OS. The van der Waals surface area contributed by atoms with Crippen molar-refractivity contribution < 1.29 is 4.79 Å². The molecule has 0 radical (unpaired) electrons. The molecule has 8 heteroatoms. The summed E-state index contributed by atoms with van der Waals surface area (Å²) in [5.74, 6) is 0.715. The van der Waals surface area contributed by atoms with Gasteiger partial charge in [-0.2, -0.15) is 5.10 Å². The van der Waals surface area contributed by atoms with E-state index in [4.69, 9.17) is 0 Å². The van der Waals surface area contributed by atoms with Crippen molar-refractivity contribution in [1.82, 2.24) is 25.1 Å². The first-order chi connectivity index (χ1) is 12.7. The monoisotopic (exact) mass is 370 g/mol. The van der Waals surface area contributed by atoms with Crippen molar-refractivity contribution in [3.05, 3.63) is 42.4 Å². The van der Waals surface area contributed by atoms with Gasteiger partial charge >= 0.3 is 0 Å². The van der Waals surface area contributed by atoms with Crippen LogP contribution in [0.2, 0.25) is 0 Å². The SMILES string of the molecule is CCCNc1ncnc2c1cnn2CCNC(=O)c1ccccc1SC. The Labute approximate surface area is 156 Å². The van der Waals surface area contributed by atoms with E-state index < -0.39 is 0 Å². The number of aromatic nitrogens is 4. The van der Waals surface area contributed by atoms with Crippen LogP contribution in [0, 0.1) is 0 Å². The van der Waals surface area contributed by atoms with E-state index in [-0.39, 0.29) is 5.91 Å². The maximum Gasteiger partial charge on any atom is 0.252 e. The fourth-order valence-electron chi connectivity index (χ4n) is 2.64. The van der Waals surface area contributed by atoms with Gasteiger partial charge in [0.1, 0.15) is 12.1 Å². The summed E-state index contributed by atoms with van der Waals surface area (Å²) < 4.78 is 1.79. The minimum absolute atomic E-state index is 0.0775. The average molecular weight is 370 g/mol. The molecule has 0 unspecified atom stereocenters. The second kappa shape index (κ2) is 8.66. The highest BCUT2D eigenvalue weighted by Gasteiger charge is 2.12. The van der Waals surface area contributed by atoms with Crippen molar-refractivity contribution in [3.63, 3.8) is 0 Å². The lowest BCUT2D eigenvalue weighted by molar-refractivity contribution is 0.0949. The molecule has 1 amide bonds. The van der Waals surface area contributed by atoms with Gasteiger partial charge in [0.15, 0.2) is 5.65 Å². The van der Waals surface area contributed by atoms with Crippen LogP contribution in [-0.4, -0.2) is 45.0 Å². The fourth-order valence-corrected chi connectivity index (χ4v) is 3.24. The molecule has 0 atom stereocenters. The van der Waals surface area contributed by atoms with E-state index in [0.29, 0.717) is 18.7 Å². The average Bonchev–Trinajstić information content (AvgIpc) is 3.10. The van der Waals surface area contributed by atoms with Crippen molar-refractivity contribution in [2.45, 2.75) is 24.8 Å². The van der Waals surface area contributed by atoms with E-state index in [1.165, 1.54) is 6.33 Å². The number of hydrogen-bond acceptors (Lipinski definition) is 6. The number of thioether (sulfide) groups is 1. The molecule has 2 heterocycles. The Morgan fingerprint density at radius 3 is 2.88 bits per heavy atom. The predicted molar refractivity (Wildman–Crippen MR) is 105 cm³/mol. The maximum atomic E-state index is 12.4. The summed E-state index contributed by atoms with van der Waals surface area (Å²) in [5.41, 5.74) is 1.45. The number of rotatable bonds is 8. The number of carbonyl (C=O) groups is 1. The summed E-state index contributed by atoms with van der Waals surface area (Å²) in [6, 6.07) is 7.59. The van der Waals surface area contributed by atoms with Crippen LogP contribution in [0.3, 0.4) is 0 Å². The molecule has 0 aliphatic heterocycles. The number of carbonyl (C=O) groups excluding carboxylic acids is 1. The van der Waals surface area contributed by atoms with Crippen molar-refractivity contribution in [2.24, 2.45) is 0 Å². The number of nitrogens with one attached hydrogen (secondary N) is 2. The van der Waals surface area contributed by atoms with E-state index in [1.54, 1.807) is 22.6 Å². The zero-order chi connectivity index (χ0) is 18.4. The molecule has 1 aromatic carbocycles. The Bertz CT molecular complexity index is 894. The number of nitrogens with zero attached hydrogens (tertiary/aromatic N) is 4. The third kappa shape index (κ3) is 3.96. The number of fused-ring (bicyclic) bond motifs is 1. The van der Waals surface area contributed by atoms with Gasteiger partial charge in [-0.3, -0.25) is 4.79 Å². The van der Waals surface area contributed by atoms with E-state index >= 15 is 0 Å². The van der Waals surface area contributed by atoms with Crippen LogP contribution in [-0.2, 0) is 6.54 Å². The van der Waals surface area contributed by atoms with Gasteiger partial charge in [-0.25, -0.2) is 14.6 Å². The molecule has 0 bridgehead atoms. The first-order valence-electron chi connectivity index (χ1n) is 8.56. The Kier molecular flexibility index (Phi) is 6.06. The molecule has 7 nitrogen and oxygen atoms in total. The smallest absolute Gasteiger partial charge is 0.252 e. The largest absolute Gasteiger partial charge is 0.369 e. The summed E-state index contributed by atoms with van der Waals surface area (Å²) in [4.78, 5) is 22.0. The molecule has 2 N–H and O–H groups in total. The minimum atomic E-state index is -0.0775. The zero-order valence-electron chi connectivity index (χ0n) is 14.9. The van der Waals surface area contributed by atoms with Gasteiger partial charge in [-0.05, 0) is 24.8 Å². The van der Waals surface area contributed by atoms with Crippen molar-refractivity contribution in [1.29, 1.82) is 0 Å². The van der Waals surface area contributed by atoms with Crippen LogP contribution < -0.4 is 10.6 Å². The van der Waals surface area contributed by atoms with Gasteiger partial charge in [0, 0.05) is 18.0 Å². The number of benzene rings is 1. The van der Waals surface area contributed by atoms with E-state index in [2.05, 4.69) is 32.6 Å². The lowest BCUT2D eigenvalue weighted by atomic mass is 10.2. The molecule has 0 aliphatic carbocycles. The third-order valence-corrected chi connectivity index (χ3v) is 4.73. The van der Waals surface area contributed by atoms with Crippen molar-refractivity contribution in [2.75, 3.05) is 24.7 Å². The van der Waals surface area contributed by atoms with Crippen molar-refractivity contribution >= 4 is 34.5 Å². The maximum absolute atomic E-state index is 12.4. The van der Waals surface area contributed by atoms with Crippen LogP contribution in [0.4, 0.5) is 5.82 Å². The lowest BCUT2D eigenvalue weighted by Gasteiger charge is -2.09. The highest BCUT2D eigenvalue weighted by atomic mass is 32.2. The predicted octanol–water partition coefficient (Wildman–Crippen LogP) is 2.80. The highest BCUT2D eigenvalue weighted by molar-refractivity contribution is 7.98. The zero-order valence-corrected chi connectivity index (χ0v) is 15.7. The van der Waals surface area contributed by atoms with Crippen LogP contribution >= 0.6 is 11.8 Å². The van der Waals surface area contributed by atoms with Gasteiger partial charge in [0.2, 0.25) is 0 Å². The third-order valence-electron chi connectivity index (χ3n) is 3.94. The Balaban J connectivity index is 1.66. The van der Waals surface area contributed by atoms with Crippen LogP contribution in [0.15, 0.2) is 41.7 Å². The Morgan fingerprint density at radius 1 is 1.23 bits per heavy atom. The van der Waals surface area contributed by atoms with Gasteiger partial charge in [0.05, 0.1) is 23.7 Å². The Hall–Kier alpha value is -2.61. The fraction of sp³-hybridized carbons (Fsp3) is 0.333. The minimum Gasteiger partial charge on any atom is -0.369 e. The lowest BCUT2D eigenvalue weighted by Crippen LogP contribution is -2.28. The number of hydrogen-bond donors (Lipinski definition) is 2. The molecule has 2 aromatic heterocycles. The number of amides is 1. The molecule has 26 heavy (non-hydrogen) atoms. The van der Waals surface area contributed by atoms with Crippen molar-refractivity contribution in [3.8, 4) is 0 Å². The summed E-state index contributed by atoms with van der Waals surface area (Å²) in [5, 5.41) is 11.5. The normalized spacial score (nSPS) is 10.8. The second-order valence-corrected chi connectivity index (χ2v) is 6.56. The topological polar surface area (TPSA) is 84.7 Å². The molecule has 0 aliphatic rings. The van der Waals surface area contributed by atoms with Gasteiger partial charge in [0.25, 0.3) is 5.91 Å². The molecule has 0 spiro atoms. The molecule has 136 valence electrons. The van der Waals surface area contributed by atoms with Crippen LogP contribution in [0.25, 0.3) is 11.0 Å². The quantitative estimate of drug-likeness (QED) is 0.593. The second-order valence-electron chi connectivity index (χ2n) is 5.71. The first kappa shape index (κ1) is 18.2. The van der Waals surface area contributed by atoms with Gasteiger partial charge < -0.3 is 10.6 Å². The summed E-state index contributed by atoms with van der Waals surface area (Å²) in [7, 11) is 0. The Morgan fingerprint density at radius 2 is 2.08 bits per heavy atom. The molecular weight excluding hydrogens is 348 g/mol. The van der Waals surface area contributed by atoms with Crippen LogP contribution in [0.5, 0.6) is 0 Å². The van der Waals surface area contributed by atoms with E-state index in [9.17, 15) is 4.79 Å². The molecule has 0 saturated carbocycles. The highest BCUT2D eigenvalue weighted by Crippen LogP contribution is 2.20. The van der Waals surface area contributed by atoms with Gasteiger partial charge in [-0.1, -0.05) is 19.1 Å². The summed E-state index contributed by atoms with van der Waals surface area (Å²) >= 11 is 1.56. The van der Waals surface area contributed by atoms with E-state index in [0.717, 1.165) is 34.7 Å². The summed E-state index contributed by atoms with van der Waals surface area (Å²) in [6.07, 6.45) is 6.28. The van der Waals surface area contributed by atoms with E-state index in [1.807, 2.05) is 30.5 Å². The molecule has 0 fully saturated rings. The van der Waals surface area contributed by atoms with Crippen LogP contribution in [0.1, 0.15) is 23.7 Å². The molecule has 3 rings (SSSR count). The number of anilines is 1. The standard InChI is InChI=1S/C18H22N6OS/c1-3-8-19-16-14-11-23-24(17(14)22-12-21-16)10-9-20-18(25)13-6-4-5-7-15(13)26-2/h4-7,11-12H,3,8-10H2,1-2H3,(H,20,25)(H,19,21,22). The molecule has 3 aromatic rings. The first-order valence-corrected chi connectivity index (χ1v) is 9.78. The summed E-state index contributed by atoms with van der Waals surface area (Å²) in [6.45, 7) is 3.97.